The lowest BCUT2D eigenvalue weighted by Crippen LogP contribution is -2.07. The molecule has 0 saturated heterocycles. The van der Waals surface area contributed by atoms with Crippen LogP contribution in [0.2, 0.25) is 0 Å². The highest BCUT2D eigenvalue weighted by Crippen LogP contribution is 2.19. The molecule has 0 N–H and O–H groups in total. The van der Waals surface area contributed by atoms with Crippen LogP contribution < -0.4 is 10.4 Å². The molecule has 94 valence electrons. The van der Waals surface area contributed by atoms with Gasteiger partial charge in [-0.1, -0.05) is 15.9 Å². The number of ether oxygens (including phenoxy) is 1. The molecule has 0 saturated carbocycles. The van der Waals surface area contributed by atoms with Gasteiger partial charge in [0.1, 0.15) is 11.3 Å². The van der Waals surface area contributed by atoms with Gasteiger partial charge in [-0.25, -0.2) is 4.79 Å². The quantitative estimate of drug-likeness (QED) is 0.377. The van der Waals surface area contributed by atoms with Crippen LogP contribution in [0.5, 0.6) is 5.75 Å². The first-order valence-corrected chi connectivity index (χ1v) is 6.62. The first-order chi connectivity index (χ1) is 8.69. The second-order valence-electron chi connectivity index (χ2n) is 3.72. The minimum absolute atomic E-state index is 0.299. The third kappa shape index (κ3) is 3.20. The summed E-state index contributed by atoms with van der Waals surface area (Å²) < 4.78 is 10.2. The number of benzene rings is 1. The summed E-state index contributed by atoms with van der Waals surface area (Å²) >= 11 is 3.25. The number of rotatable bonds is 4. The fourth-order valence-corrected chi connectivity index (χ4v) is 1.78. The number of hydrogen-bond acceptors (Lipinski definition) is 4. The number of halogens is 1. The normalized spacial score (nSPS) is 10.5. The summed E-state index contributed by atoms with van der Waals surface area (Å²) in [5.74, 6) is 0.0866. The van der Waals surface area contributed by atoms with E-state index in [0.717, 1.165) is 17.1 Å². The Kier molecular flexibility index (Phi) is 4.15. The van der Waals surface area contributed by atoms with Gasteiger partial charge in [-0.05, 0) is 24.6 Å². The molecule has 4 nitrogen and oxygen atoms in total. The molecule has 0 bridgehead atoms. The Labute approximate surface area is 112 Å². The van der Waals surface area contributed by atoms with E-state index in [9.17, 15) is 9.59 Å². The van der Waals surface area contributed by atoms with Crippen LogP contribution in [-0.2, 0) is 4.79 Å². The summed E-state index contributed by atoms with van der Waals surface area (Å²) in [7, 11) is 0. The minimum atomic E-state index is -0.426. The molecule has 5 heteroatoms. The predicted octanol–water partition coefficient (Wildman–Crippen LogP) is 2.87. The van der Waals surface area contributed by atoms with Crippen LogP contribution in [0.1, 0.15) is 12.8 Å². The number of carbonyl (C=O) groups is 1. The van der Waals surface area contributed by atoms with E-state index in [1.807, 2.05) is 0 Å². The number of fused-ring (bicyclic) bond motifs is 1. The molecule has 0 aliphatic heterocycles. The SMILES string of the molecule is O=C(CCCBr)Oc1ccc2ccc(=O)oc2c1. The van der Waals surface area contributed by atoms with Crippen molar-refractivity contribution in [2.24, 2.45) is 0 Å². The number of esters is 1. The zero-order valence-electron chi connectivity index (χ0n) is 9.52. The fraction of sp³-hybridized carbons (Fsp3) is 0.231. The summed E-state index contributed by atoms with van der Waals surface area (Å²) in [5, 5.41) is 1.55. The van der Waals surface area contributed by atoms with Crippen molar-refractivity contribution < 1.29 is 13.9 Å². The zero-order valence-corrected chi connectivity index (χ0v) is 11.1. The van der Waals surface area contributed by atoms with Gasteiger partial charge in [-0.15, -0.1) is 0 Å². The molecular formula is C13H11BrO4. The maximum absolute atomic E-state index is 11.4. The van der Waals surface area contributed by atoms with Crippen molar-refractivity contribution >= 4 is 32.9 Å². The molecule has 18 heavy (non-hydrogen) atoms. The Hall–Kier alpha value is -1.62. The lowest BCUT2D eigenvalue weighted by molar-refractivity contribution is -0.134. The second-order valence-corrected chi connectivity index (χ2v) is 4.51. The van der Waals surface area contributed by atoms with Crippen LogP contribution in [0.15, 0.2) is 39.5 Å². The second kappa shape index (κ2) is 5.82. The van der Waals surface area contributed by atoms with Gasteiger partial charge in [0.15, 0.2) is 0 Å². The standard InChI is InChI=1S/C13H11BrO4/c14-7-1-2-12(15)17-10-5-3-9-4-6-13(16)18-11(9)8-10/h3-6,8H,1-2,7H2. The largest absolute Gasteiger partial charge is 0.426 e. The van der Waals surface area contributed by atoms with Gasteiger partial charge >= 0.3 is 11.6 Å². The monoisotopic (exact) mass is 310 g/mol. The smallest absolute Gasteiger partial charge is 0.336 e. The lowest BCUT2D eigenvalue weighted by atomic mass is 10.2. The van der Waals surface area contributed by atoms with Crippen LogP contribution in [0.3, 0.4) is 0 Å². The fourth-order valence-electron chi connectivity index (χ4n) is 1.50. The molecule has 0 unspecified atom stereocenters. The average Bonchev–Trinajstić information content (AvgIpc) is 2.36. The Bertz CT molecular complexity index is 618. The van der Waals surface area contributed by atoms with E-state index in [1.165, 1.54) is 6.07 Å². The maximum atomic E-state index is 11.4. The van der Waals surface area contributed by atoms with Crippen LogP contribution in [0, 0.1) is 0 Å². The van der Waals surface area contributed by atoms with Gasteiger partial charge in [0.05, 0.1) is 0 Å². The van der Waals surface area contributed by atoms with Crippen molar-refractivity contribution in [3.63, 3.8) is 0 Å². The van der Waals surface area contributed by atoms with Crippen LogP contribution in [0.4, 0.5) is 0 Å². The molecule has 1 aromatic carbocycles. The topological polar surface area (TPSA) is 56.5 Å². The molecule has 1 heterocycles. The molecule has 2 rings (SSSR count). The van der Waals surface area contributed by atoms with Crippen molar-refractivity contribution in [1.29, 1.82) is 0 Å². The molecule has 1 aromatic heterocycles. The average molecular weight is 311 g/mol. The highest BCUT2D eigenvalue weighted by atomic mass is 79.9. The van der Waals surface area contributed by atoms with Crippen molar-refractivity contribution in [3.05, 3.63) is 40.8 Å². The van der Waals surface area contributed by atoms with Crippen molar-refractivity contribution in [3.8, 4) is 5.75 Å². The number of hydrogen-bond donors (Lipinski definition) is 0. The van der Waals surface area contributed by atoms with Crippen LogP contribution in [0.25, 0.3) is 11.0 Å². The molecule has 0 atom stereocenters. The zero-order chi connectivity index (χ0) is 13.0. The van der Waals surface area contributed by atoms with Crippen LogP contribution in [-0.4, -0.2) is 11.3 Å². The summed E-state index contributed by atoms with van der Waals surface area (Å²) in [6.45, 7) is 0. The van der Waals surface area contributed by atoms with Crippen molar-refractivity contribution in [1.82, 2.24) is 0 Å². The number of alkyl halides is 1. The summed E-state index contributed by atoms with van der Waals surface area (Å²) in [6, 6.07) is 7.98. The summed E-state index contributed by atoms with van der Waals surface area (Å²) in [4.78, 5) is 22.5. The molecule has 2 aromatic rings. The van der Waals surface area contributed by atoms with E-state index in [0.29, 0.717) is 17.8 Å². The molecule has 0 spiro atoms. The van der Waals surface area contributed by atoms with Gasteiger partial charge in [0.25, 0.3) is 0 Å². The molecular weight excluding hydrogens is 300 g/mol. The Balaban J connectivity index is 2.19. The summed E-state index contributed by atoms with van der Waals surface area (Å²) in [6.07, 6.45) is 1.07. The first kappa shape index (κ1) is 12.8. The van der Waals surface area contributed by atoms with Gasteiger partial charge in [-0.3, -0.25) is 4.79 Å². The third-order valence-electron chi connectivity index (χ3n) is 2.34. The van der Waals surface area contributed by atoms with Gasteiger partial charge in [0, 0.05) is 29.3 Å². The van der Waals surface area contributed by atoms with Gasteiger partial charge < -0.3 is 9.15 Å². The highest BCUT2D eigenvalue weighted by molar-refractivity contribution is 9.09. The minimum Gasteiger partial charge on any atom is -0.426 e. The van der Waals surface area contributed by atoms with E-state index in [-0.39, 0.29) is 5.97 Å². The van der Waals surface area contributed by atoms with Gasteiger partial charge in [0.2, 0.25) is 0 Å². The van der Waals surface area contributed by atoms with E-state index in [1.54, 1.807) is 24.3 Å². The number of carbonyl (C=O) groups excluding carboxylic acids is 1. The summed E-state index contributed by atoms with van der Waals surface area (Å²) in [5.41, 5.74) is -0.0152. The van der Waals surface area contributed by atoms with Crippen LogP contribution >= 0.6 is 15.9 Å². The molecule has 0 fully saturated rings. The van der Waals surface area contributed by atoms with Crippen molar-refractivity contribution in [2.75, 3.05) is 5.33 Å². The molecule has 0 aliphatic rings. The van der Waals surface area contributed by atoms with E-state index >= 15 is 0 Å². The van der Waals surface area contributed by atoms with E-state index in [2.05, 4.69) is 15.9 Å². The Morgan fingerprint density at radius 3 is 2.83 bits per heavy atom. The third-order valence-corrected chi connectivity index (χ3v) is 2.90. The van der Waals surface area contributed by atoms with E-state index in [4.69, 9.17) is 9.15 Å². The van der Waals surface area contributed by atoms with Gasteiger partial charge in [-0.2, -0.15) is 0 Å². The molecule has 0 radical (unpaired) electrons. The van der Waals surface area contributed by atoms with Crippen molar-refractivity contribution in [2.45, 2.75) is 12.8 Å². The van der Waals surface area contributed by atoms with E-state index < -0.39 is 5.63 Å². The molecule has 0 amide bonds. The first-order valence-electron chi connectivity index (χ1n) is 5.49. The Morgan fingerprint density at radius 2 is 2.06 bits per heavy atom. The predicted molar refractivity (Wildman–Crippen MR) is 71.1 cm³/mol. The molecule has 0 aliphatic carbocycles. The lowest BCUT2D eigenvalue weighted by Gasteiger charge is -2.04. The highest BCUT2D eigenvalue weighted by Gasteiger charge is 2.06. The maximum Gasteiger partial charge on any atom is 0.336 e. The Morgan fingerprint density at radius 1 is 1.28 bits per heavy atom.